The Bertz CT molecular complexity index is 2200. The van der Waals surface area contributed by atoms with E-state index in [2.05, 4.69) is 33.5 Å². The minimum Gasteiger partial charge on any atom is -0.481 e. The lowest BCUT2D eigenvalue weighted by Crippen LogP contribution is -2.43. The standard InChI is InChI=1S/C42H48Cl2N6O5/c1-25(53-6)20-45-21-28-22-49(5)35-19-26(11-14-30(28)35)39-38(44)32(17-18-46-39)31-9-8-10-33(37(31)43)34-15-12-27(40(48-34)54-7)23-50(41(52)55-42(2,3)4)24-29-13-16-36(51)47-29/h8-12,14-15,17-19,22,25,29,45H,13,16,20-21,23-24H2,1-7H3,(H,47,51)/t25-,29-/m0/s1. The number of aryl methyl sites for hydroxylation is 1. The average molecular weight is 788 g/mol. The molecule has 0 unspecified atom stereocenters. The predicted octanol–water partition coefficient (Wildman–Crippen LogP) is 8.42. The van der Waals surface area contributed by atoms with Crippen LogP contribution in [0.3, 0.4) is 0 Å². The Hall–Kier alpha value is -4.68. The first kappa shape index (κ1) is 40.0. The molecule has 5 aromatic rings. The number of aromatic nitrogens is 3. The zero-order valence-corrected chi connectivity index (χ0v) is 33.8. The van der Waals surface area contributed by atoms with Crippen LogP contribution in [-0.4, -0.2) is 76.5 Å². The molecule has 55 heavy (non-hydrogen) atoms. The second-order valence-electron chi connectivity index (χ2n) is 14.9. The van der Waals surface area contributed by atoms with Gasteiger partial charge in [-0.05, 0) is 63.9 Å². The van der Waals surface area contributed by atoms with E-state index in [1.807, 2.05) is 77.2 Å². The molecule has 2 atom stereocenters. The molecule has 0 spiro atoms. The molecular weight excluding hydrogens is 739 g/mol. The predicted molar refractivity (Wildman–Crippen MR) is 217 cm³/mol. The van der Waals surface area contributed by atoms with Crippen molar-refractivity contribution in [2.24, 2.45) is 7.05 Å². The molecule has 2 aromatic carbocycles. The summed E-state index contributed by atoms with van der Waals surface area (Å²) in [5.74, 6) is 0.313. The first-order chi connectivity index (χ1) is 26.3. The second kappa shape index (κ2) is 17.0. The van der Waals surface area contributed by atoms with E-state index in [0.29, 0.717) is 57.8 Å². The number of nitrogens with one attached hydrogen (secondary N) is 2. The Morgan fingerprint density at radius 3 is 2.53 bits per heavy atom. The van der Waals surface area contributed by atoms with Gasteiger partial charge in [0.1, 0.15) is 5.60 Å². The highest BCUT2D eigenvalue weighted by Crippen LogP contribution is 2.42. The van der Waals surface area contributed by atoms with E-state index in [1.54, 1.807) is 18.2 Å². The van der Waals surface area contributed by atoms with Crippen LogP contribution in [0.4, 0.5) is 4.79 Å². The van der Waals surface area contributed by atoms with E-state index >= 15 is 0 Å². The number of halogens is 2. The van der Waals surface area contributed by atoms with Crippen molar-refractivity contribution in [1.29, 1.82) is 0 Å². The zero-order chi connectivity index (χ0) is 39.4. The third kappa shape index (κ3) is 9.24. The van der Waals surface area contributed by atoms with Crippen molar-refractivity contribution in [2.75, 3.05) is 27.3 Å². The van der Waals surface area contributed by atoms with Crippen LogP contribution < -0.4 is 15.4 Å². The SMILES string of the molecule is COc1nc(-c2cccc(-c3ccnc(-c4ccc5c(CNC[C@H](C)OC)cn(C)c5c4)c3Cl)c2Cl)ccc1CN(C[C@@H]1CCC(=O)N1)C(=O)OC(C)(C)C. The van der Waals surface area contributed by atoms with Gasteiger partial charge in [0, 0.05) is 97.4 Å². The van der Waals surface area contributed by atoms with Gasteiger partial charge < -0.3 is 34.3 Å². The molecule has 0 saturated carbocycles. The summed E-state index contributed by atoms with van der Waals surface area (Å²) in [4.78, 5) is 36.3. The first-order valence-corrected chi connectivity index (χ1v) is 19.1. The van der Waals surface area contributed by atoms with Gasteiger partial charge in [0.25, 0.3) is 0 Å². The Morgan fingerprint density at radius 1 is 1.05 bits per heavy atom. The van der Waals surface area contributed by atoms with E-state index in [0.717, 1.165) is 40.7 Å². The number of hydrogen-bond donors (Lipinski definition) is 2. The van der Waals surface area contributed by atoms with Crippen LogP contribution in [0.5, 0.6) is 5.88 Å². The molecule has 1 aliphatic heterocycles. The Morgan fingerprint density at radius 2 is 1.82 bits per heavy atom. The molecule has 0 bridgehead atoms. The molecule has 290 valence electrons. The number of rotatable bonds is 13. The molecule has 13 heteroatoms. The summed E-state index contributed by atoms with van der Waals surface area (Å²) in [6, 6.07) is 17.4. The Balaban J connectivity index is 1.27. The lowest BCUT2D eigenvalue weighted by molar-refractivity contribution is -0.119. The topological polar surface area (TPSA) is 120 Å². The first-order valence-electron chi connectivity index (χ1n) is 18.3. The highest BCUT2D eigenvalue weighted by Gasteiger charge is 2.29. The number of carbonyl (C=O) groups is 2. The fraction of sp³-hybridized carbons (Fsp3) is 0.381. The molecule has 6 rings (SSSR count). The second-order valence-corrected chi connectivity index (χ2v) is 15.6. The Kier molecular flexibility index (Phi) is 12.4. The summed E-state index contributed by atoms with van der Waals surface area (Å²) >= 11 is 14.3. The number of benzene rings is 2. The highest BCUT2D eigenvalue weighted by atomic mass is 35.5. The Labute approximate surface area is 332 Å². The highest BCUT2D eigenvalue weighted by molar-refractivity contribution is 6.39. The molecule has 1 saturated heterocycles. The van der Waals surface area contributed by atoms with Gasteiger partial charge in [0.2, 0.25) is 11.8 Å². The molecule has 4 heterocycles. The van der Waals surface area contributed by atoms with Crippen molar-refractivity contribution >= 4 is 46.1 Å². The molecule has 1 fully saturated rings. The van der Waals surface area contributed by atoms with Gasteiger partial charge in [-0.3, -0.25) is 9.78 Å². The van der Waals surface area contributed by atoms with Crippen molar-refractivity contribution in [3.8, 4) is 39.5 Å². The molecule has 2 N–H and O–H groups in total. The summed E-state index contributed by atoms with van der Waals surface area (Å²) in [7, 11) is 5.29. The minimum absolute atomic E-state index is 0.0267. The third-order valence-electron chi connectivity index (χ3n) is 9.62. The monoisotopic (exact) mass is 786 g/mol. The minimum atomic E-state index is -0.693. The van der Waals surface area contributed by atoms with Crippen LogP contribution >= 0.6 is 23.2 Å². The van der Waals surface area contributed by atoms with E-state index in [4.69, 9.17) is 47.4 Å². The van der Waals surface area contributed by atoms with Crippen LogP contribution in [0.2, 0.25) is 10.0 Å². The fourth-order valence-corrected chi connectivity index (χ4v) is 7.42. The van der Waals surface area contributed by atoms with Gasteiger partial charge in [0.05, 0.1) is 41.2 Å². The van der Waals surface area contributed by atoms with E-state index < -0.39 is 11.7 Å². The summed E-state index contributed by atoms with van der Waals surface area (Å²) in [5, 5.41) is 8.51. The van der Waals surface area contributed by atoms with Gasteiger partial charge in [-0.25, -0.2) is 9.78 Å². The van der Waals surface area contributed by atoms with Gasteiger partial charge in [0.15, 0.2) is 0 Å². The summed E-state index contributed by atoms with van der Waals surface area (Å²) in [5.41, 5.74) is 6.51. The van der Waals surface area contributed by atoms with E-state index in [-0.39, 0.29) is 24.6 Å². The number of fused-ring (bicyclic) bond motifs is 1. The van der Waals surface area contributed by atoms with Crippen molar-refractivity contribution < 1.29 is 23.8 Å². The molecule has 0 aliphatic carbocycles. The van der Waals surface area contributed by atoms with E-state index in [9.17, 15) is 9.59 Å². The van der Waals surface area contributed by atoms with Crippen LogP contribution in [0.25, 0.3) is 44.5 Å². The van der Waals surface area contributed by atoms with Gasteiger partial charge in [-0.2, -0.15) is 0 Å². The maximum Gasteiger partial charge on any atom is 0.410 e. The maximum absolute atomic E-state index is 13.3. The third-order valence-corrected chi connectivity index (χ3v) is 10.4. The number of hydrogen-bond acceptors (Lipinski definition) is 8. The summed E-state index contributed by atoms with van der Waals surface area (Å²) < 4.78 is 18.9. The van der Waals surface area contributed by atoms with Gasteiger partial charge in [-0.15, -0.1) is 0 Å². The number of methoxy groups -OCH3 is 2. The number of nitrogens with zero attached hydrogens (tertiary/aromatic N) is 4. The fourth-order valence-electron chi connectivity index (χ4n) is 6.77. The van der Waals surface area contributed by atoms with Crippen LogP contribution in [-0.2, 0) is 34.4 Å². The lowest BCUT2D eigenvalue weighted by atomic mass is 9.99. The van der Waals surface area contributed by atoms with Crippen LogP contribution in [0.15, 0.2) is 67.0 Å². The summed E-state index contributed by atoms with van der Waals surface area (Å²) in [6.45, 7) is 9.44. The molecule has 2 amide bonds. The average Bonchev–Trinajstić information content (AvgIpc) is 3.71. The van der Waals surface area contributed by atoms with E-state index in [1.165, 1.54) is 12.7 Å². The number of carbonyl (C=O) groups excluding carboxylic acids is 2. The molecule has 0 radical (unpaired) electrons. The van der Waals surface area contributed by atoms with Crippen molar-refractivity contribution in [3.63, 3.8) is 0 Å². The van der Waals surface area contributed by atoms with Crippen LogP contribution in [0, 0.1) is 0 Å². The van der Waals surface area contributed by atoms with Gasteiger partial charge in [-0.1, -0.05) is 53.5 Å². The van der Waals surface area contributed by atoms with Gasteiger partial charge >= 0.3 is 6.09 Å². The smallest absolute Gasteiger partial charge is 0.410 e. The normalized spacial score (nSPS) is 14.9. The van der Waals surface area contributed by atoms with Crippen LogP contribution in [0.1, 0.15) is 51.7 Å². The largest absolute Gasteiger partial charge is 0.481 e. The maximum atomic E-state index is 13.3. The lowest BCUT2D eigenvalue weighted by Gasteiger charge is -2.29. The molecule has 1 aliphatic rings. The molecule has 11 nitrogen and oxygen atoms in total. The van der Waals surface area contributed by atoms with Crippen molar-refractivity contribution in [3.05, 3.63) is 88.2 Å². The number of pyridine rings is 2. The summed E-state index contributed by atoms with van der Waals surface area (Å²) in [6.07, 6.45) is 4.59. The number of ether oxygens (including phenoxy) is 3. The molecular formula is C42H48Cl2N6O5. The zero-order valence-electron chi connectivity index (χ0n) is 32.3. The quantitative estimate of drug-likeness (QED) is 0.122. The van der Waals surface area contributed by atoms with Crippen molar-refractivity contribution in [2.45, 2.75) is 71.4 Å². The molecule has 3 aromatic heterocycles. The number of amides is 2. The van der Waals surface area contributed by atoms with Crippen molar-refractivity contribution in [1.82, 2.24) is 30.1 Å².